The van der Waals surface area contributed by atoms with Crippen molar-refractivity contribution < 1.29 is 14.6 Å². The Morgan fingerprint density at radius 2 is 2.35 bits per heavy atom. The number of nitrogens with one attached hydrogen (secondary N) is 1. The van der Waals surface area contributed by atoms with Gasteiger partial charge in [-0.15, -0.1) is 0 Å². The van der Waals surface area contributed by atoms with Crippen LogP contribution in [0.3, 0.4) is 0 Å². The highest BCUT2D eigenvalue weighted by Crippen LogP contribution is 2.32. The lowest BCUT2D eigenvalue weighted by Gasteiger charge is -2.22. The molecule has 0 saturated heterocycles. The highest BCUT2D eigenvalue weighted by atomic mass is 16.5. The van der Waals surface area contributed by atoms with Gasteiger partial charge >= 0.3 is 0 Å². The van der Waals surface area contributed by atoms with E-state index in [4.69, 9.17) is 4.74 Å². The molecule has 1 aromatic carbocycles. The van der Waals surface area contributed by atoms with Gasteiger partial charge in [-0.2, -0.15) is 0 Å². The molecule has 0 aromatic heterocycles. The third kappa shape index (κ3) is 3.73. The molecule has 1 aromatic rings. The average Bonchev–Trinajstić information content (AvgIpc) is 2.45. The van der Waals surface area contributed by atoms with Crippen LogP contribution in [0, 0.1) is 0 Å². The van der Waals surface area contributed by atoms with E-state index < -0.39 is 6.10 Å². The molecule has 0 bridgehead atoms. The summed E-state index contributed by atoms with van der Waals surface area (Å²) in [5, 5.41) is 12.8. The Kier molecular flexibility index (Phi) is 5.01. The van der Waals surface area contributed by atoms with Gasteiger partial charge in [-0.1, -0.05) is 13.0 Å². The summed E-state index contributed by atoms with van der Waals surface area (Å²) >= 11 is 0. The SMILES string of the molecule is CCC(C)NC(=O)COc1ccc2c(c1)[C@@H](O)CCC2. The second-order valence-corrected chi connectivity index (χ2v) is 5.43. The van der Waals surface area contributed by atoms with Crippen LogP contribution < -0.4 is 10.1 Å². The maximum atomic E-state index is 11.7. The summed E-state index contributed by atoms with van der Waals surface area (Å²) in [6.07, 6.45) is 3.31. The van der Waals surface area contributed by atoms with Crippen LogP contribution in [0.2, 0.25) is 0 Å². The Morgan fingerprint density at radius 1 is 1.55 bits per heavy atom. The third-order valence-corrected chi connectivity index (χ3v) is 3.79. The second-order valence-electron chi connectivity index (χ2n) is 5.43. The fraction of sp³-hybridized carbons (Fsp3) is 0.562. The van der Waals surface area contributed by atoms with Crippen LogP contribution >= 0.6 is 0 Å². The zero-order valence-electron chi connectivity index (χ0n) is 12.2. The molecular formula is C16H23NO3. The summed E-state index contributed by atoms with van der Waals surface area (Å²) in [7, 11) is 0. The number of carbonyl (C=O) groups is 1. The number of aliphatic hydroxyl groups is 1. The molecule has 0 radical (unpaired) electrons. The lowest BCUT2D eigenvalue weighted by molar-refractivity contribution is -0.123. The normalized spacial score (nSPS) is 19.1. The van der Waals surface area contributed by atoms with E-state index in [0.717, 1.165) is 31.2 Å². The smallest absolute Gasteiger partial charge is 0.258 e. The van der Waals surface area contributed by atoms with Crippen molar-refractivity contribution in [2.24, 2.45) is 0 Å². The van der Waals surface area contributed by atoms with E-state index in [1.54, 1.807) is 0 Å². The summed E-state index contributed by atoms with van der Waals surface area (Å²) in [6, 6.07) is 5.87. The molecule has 1 unspecified atom stereocenters. The molecule has 4 nitrogen and oxygen atoms in total. The number of amides is 1. The van der Waals surface area contributed by atoms with Gasteiger partial charge in [-0.25, -0.2) is 0 Å². The molecular weight excluding hydrogens is 254 g/mol. The molecule has 1 aliphatic carbocycles. The summed E-state index contributed by atoms with van der Waals surface area (Å²) in [5.41, 5.74) is 2.12. The molecule has 0 spiro atoms. The summed E-state index contributed by atoms with van der Waals surface area (Å²) in [5.74, 6) is 0.529. The number of ether oxygens (including phenoxy) is 1. The zero-order valence-corrected chi connectivity index (χ0v) is 12.2. The molecule has 110 valence electrons. The number of rotatable bonds is 5. The molecule has 0 saturated carbocycles. The Hall–Kier alpha value is -1.55. The van der Waals surface area contributed by atoms with Crippen molar-refractivity contribution in [3.8, 4) is 5.75 Å². The van der Waals surface area contributed by atoms with Crippen molar-refractivity contribution in [1.29, 1.82) is 0 Å². The molecule has 2 N–H and O–H groups in total. The van der Waals surface area contributed by atoms with Gasteiger partial charge in [0.05, 0.1) is 6.10 Å². The van der Waals surface area contributed by atoms with E-state index in [9.17, 15) is 9.90 Å². The molecule has 1 amide bonds. The summed E-state index contributed by atoms with van der Waals surface area (Å²) in [4.78, 5) is 11.7. The molecule has 20 heavy (non-hydrogen) atoms. The van der Waals surface area contributed by atoms with Crippen LogP contribution in [-0.2, 0) is 11.2 Å². The number of hydrogen-bond acceptors (Lipinski definition) is 3. The first-order chi connectivity index (χ1) is 9.60. The van der Waals surface area contributed by atoms with Crippen LogP contribution in [-0.4, -0.2) is 23.7 Å². The van der Waals surface area contributed by atoms with Crippen LogP contribution in [0.1, 0.15) is 50.3 Å². The van der Waals surface area contributed by atoms with E-state index >= 15 is 0 Å². The Bertz CT molecular complexity index is 473. The van der Waals surface area contributed by atoms with Crippen molar-refractivity contribution in [3.05, 3.63) is 29.3 Å². The van der Waals surface area contributed by atoms with E-state index in [-0.39, 0.29) is 18.6 Å². The van der Waals surface area contributed by atoms with E-state index in [1.165, 1.54) is 5.56 Å². The predicted octanol–water partition coefficient (Wildman–Crippen LogP) is 2.35. The van der Waals surface area contributed by atoms with Gasteiger partial charge in [0, 0.05) is 6.04 Å². The third-order valence-electron chi connectivity index (χ3n) is 3.79. The molecule has 2 atom stereocenters. The lowest BCUT2D eigenvalue weighted by Crippen LogP contribution is -2.35. The van der Waals surface area contributed by atoms with Crippen molar-refractivity contribution >= 4 is 5.91 Å². The number of carbonyl (C=O) groups excluding carboxylic acids is 1. The molecule has 1 aliphatic rings. The van der Waals surface area contributed by atoms with E-state index in [0.29, 0.717) is 5.75 Å². The van der Waals surface area contributed by atoms with Gasteiger partial charge in [-0.3, -0.25) is 4.79 Å². The molecule has 2 rings (SSSR count). The van der Waals surface area contributed by atoms with Gasteiger partial charge in [0.15, 0.2) is 6.61 Å². The fourth-order valence-electron chi connectivity index (χ4n) is 2.41. The minimum Gasteiger partial charge on any atom is -0.484 e. The minimum absolute atomic E-state index is 0.0131. The lowest BCUT2D eigenvalue weighted by atomic mass is 9.89. The minimum atomic E-state index is -0.406. The quantitative estimate of drug-likeness (QED) is 0.868. The van der Waals surface area contributed by atoms with E-state index in [2.05, 4.69) is 5.32 Å². The largest absolute Gasteiger partial charge is 0.484 e. The fourth-order valence-corrected chi connectivity index (χ4v) is 2.41. The number of aryl methyl sites for hydroxylation is 1. The first-order valence-electron chi connectivity index (χ1n) is 7.33. The van der Waals surface area contributed by atoms with Crippen LogP contribution in [0.25, 0.3) is 0 Å². The Labute approximate surface area is 120 Å². The van der Waals surface area contributed by atoms with Gasteiger partial charge in [0.25, 0.3) is 5.91 Å². The first kappa shape index (κ1) is 14.9. The van der Waals surface area contributed by atoms with Crippen LogP contribution in [0.5, 0.6) is 5.75 Å². The van der Waals surface area contributed by atoms with Gasteiger partial charge < -0.3 is 15.2 Å². The summed E-state index contributed by atoms with van der Waals surface area (Å²) < 4.78 is 5.50. The van der Waals surface area contributed by atoms with Gasteiger partial charge in [0.2, 0.25) is 0 Å². The number of fused-ring (bicyclic) bond motifs is 1. The standard InChI is InChI=1S/C16H23NO3/c1-3-11(2)17-16(19)10-20-13-8-7-12-5-4-6-15(18)14(12)9-13/h7-9,11,15,18H,3-6,10H2,1-2H3,(H,17,19)/t11?,15-/m0/s1. The summed E-state index contributed by atoms with van der Waals surface area (Å²) in [6.45, 7) is 4.00. The first-order valence-corrected chi connectivity index (χ1v) is 7.33. The number of benzene rings is 1. The Morgan fingerprint density at radius 3 is 3.10 bits per heavy atom. The zero-order chi connectivity index (χ0) is 14.5. The average molecular weight is 277 g/mol. The van der Waals surface area contributed by atoms with Crippen LogP contribution in [0.4, 0.5) is 0 Å². The highest BCUT2D eigenvalue weighted by Gasteiger charge is 2.18. The highest BCUT2D eigenvalue weighted by molar-refractivity contribution is 5.77. The number of aliphatic hydroxyl groups excluding tert-OH is 1. The van der Waals surface area contributed by atoms with Crippen molar-refractivity contribution in [2.75, 3.05) is 6.61 Å². The maximum Gasteiger partial charge on any atom is 0.258 e. The predicted molar refractivity (Wildman–Crippen MR) is 77.7 cm³/mol. The Balaban J connectivity index is 1.94. The van der Waals surface area contributed by atoms with Crippen LogP contribution in [0.15, 0.2) is 18.2 Å². The second kappa shape index (κ2) is 6.75. The van der Waals surface area contributed by atoms with Gasteiger partial charge in [0.1, 0.15) is 5.75 Å². The monoisotopic (exact) mass is 277 g/mol. The molecule has 0 fully saturated rings. The molecule has 4 heteroatoms. The van der Waals surface area contributed by atoms with Gasteiger partial charge in [-0.05, 0) is 55.9 Å². The van der Waals surface area contributed by atoms with Crippen molar-refractivity contribution in [1.82, 2.24) is 5.32 Å². The number of hydrogen-bond donors (Lipinski definition) is 2. The van der Waals surface area contributed by atoms with Crippen molar-refractivity contribution in [2.45, 2.75) is 51.7 Å². The van der Waals surface area contributed by atoms with Crippen molar-refractivity contribution in [3.63, 3.8) is 0 Å². The molecule has 0 heterocycles. The molecule has 0 aliphatic heterocycles. The van der Waals surface area contributed by atoms with E-state index in [1.807, 2.05) is 32.0 Å². The topological polar surface area (TPSA) is 58.6 Å². The maximum absolute atomic E-state index is 11.7.